The minimum absolute atomic E-state index is 0.194. The Balaban J connectivity index is 1.90. The van der Waals surface area contributed by atoms with E-state index in [1.807, 2.05) is 0 Å². The van der Waals surface area contributed by atoms with Crippen LogP contribution in [0.4, 0.5) is 10.1 Å². The number of anilines is 1. The van der Waals surface area contributed by atoms with Gasteiger partial charge in [-0.15, -0.1) is 0 Å². The van der Waals surface area contributed by atoms with Crippen LogP contribution in [-0.2, 0) is 17.8 Å². The predicted octanol–water partition coefficient (Wildman–Crippen LogP) is 3.88. The molecule has 1 amide bonds. The highest BCUT2D eigenvalue weighted by molar-refractivity contribution is 6.05. The average Bonchev–Trinajstić information content (AvgIpc) is 2.74. The summed E-state index contributed by atoms with van der Waals surface area (Å²) in [5, 5.41) is 21.7. The minimum Gasteiger partial charge on any atom is -0.481 e. The van der Waals surface area contributed by atoms with Crippen molar-refractivity contribution in [2.24, 2.45) is 5.73 Å². The van der Waals surface area contributed by atoms with E-state index in [1.54, 1.807) is 55.5 Å². The molecule has 0 spiro atoms. The van der Waals surface area contributed by atoms with Crippen molar-refractivity contribution in [3.8, 4) is 11.1 Å². The largest absolute Gasteiger partial charge is 0.481 e. The third-order valence-electron chi connectivity index (χ3n) is 4.85. The smallest absolute Gasteiger partial charge is 0.307 e. The number of carbonyl (C=O) groups excluding carboxylic acids is 1. The van der Waals surface area contributed by atoms with E-state index >= 15 is 0 Å². The standard InChI is InChI=1S/C24H23FN2O4/c1-14(28)16-5-6-22(20(9-16)12-23(29)30)27-24(31)18-4-2-3-17(10-18)19-7-15(13-26)8-21(25)11-19/h2-11,14,28H,12-13,26H2,1H3,(H,27,31)(H,29,30). The number of carboxylic acid groups (broad SMARTS) is 1. The van der Waals surface area contributed by atoms with Gasteiger partial charge in [0.25, 0.3) is 5.91 Å². The Morgan fingerprint density at radius 3 is 2.52 bits per heavy atom. The molecule has 0 radical (unpaired) electrons. The number of carbonyl (C=O) groups is 2. The topological polar surface area (TPSA) is 113 Å². The lowest BCUT2D eigenvalue weighted by Gasteiger charge is -2.14. The molecule has 7 heteroatoms. The maximum absolute atomic E-state index is 13.9. The van der Waals surface area contributed by atoms with Gasteiger partial charge in [0.2, 0.25) is 0 Å². The second kappa shape index (κ2) is 9.51. The van der Waals surface area contributed by atoms with E-state index in [-0.39, 0.29) is 13.0 Å². The summed E-state index contributed by atoms with van der Waals surface area (Å²) in [5.41, 5.74) is 9.12. The zero-order valence-corrected chi connectivity index (χ0v) is 16.9. The summed E-state index contributed by atoms with van der Waals surface area (Å²) in [7, 11) is 0. The zero-order valence-electron chi connectivity index (χ0n) is 16.9. The number of aliphatic hydroxyl groups is 1. The number of nitrogens with two attached hydrogens (primary N) is 1. The van der Waals surface area contributed by atoms with Crippen LogP contribution >= 0.6 is 0 Å². The number of aliphatic hydroxyl groups excluding tert-OH is 1. The molecule has 5 N–H and O–H groups in total. The number of hydrogen-bond acceptors (Lipinski definition) is 4. The molecule has 0 aliphatic heterocycles. The highest BCUT2D eigenvalue weighted by Crippen LogP contribution is 2.25. The van der Waals surface area contributed by atoms with Gasteiger partial charge in [-0.25, -0.2) is 4.39 Å². The number of hydrogen-bond donors (Lipinski definition) is 4. The van der Waals surface area contributed by atoms with Crippen molar-refractivity contribution < 1.29 is 24.2 Å². The Labute approximate surface area is 179 Å². The lowest BCUT2D eigenvalue weighted by molar-refractivity contribution is -0.136. The van der Waals surface area contributed by atoms with Crippen molar-refractivity contribution in [2.45, 2.75) is 26.0 Å². The van der Waals surface area contributed by atoms with E-state index < -0.39 is 23.8 Å². The van der Waals surface area contributed by atoms with Gasteiger partial charge < -0.3 is 21.3 Å². The minimum atomic E-state index is -1.05. The molecular formula is C24H23FN2O4. The van der Waals surface area contributed by atoms with Gasteiger partial charge in [0.15, 0.2) is 0 Å². The summed E-state index contributed by atoms with van der Waals surface area (Å²) in [6.45, 7) is 1.77. The Kier molecular flexibility index (Phi) is 6.79. The lowest BCUT2D eigenvalue weighted by Crippen LogP contribution is -2.15. The van der Waals surface area contributed by atoms with Crippen LogP contribution in [0.1, 0.15) is 40.1 Å². The molecule has 0 saturated heterocycles. The number of nitrogens with one attached hydrogen (secondary N) is 1. The quantitative estimate of drug-likeness (QED) is 0.462. The summed E-state index contributed by atoms with van der Waals surface area (Å²) < 4.78 is 13.9. The first kappa shape index (κ1) is 22.1. The molecule has 31 heavy (non-hydrogen) atoms. The van der Waals surface area contributed by atoms with Crippen LogP contribution in [-0.4, -0.2) is 22.1 Å². The maximum atomic E-state index is 13.9. The van der Waals surface area contributed by atoms with Crippen LogP contribution in [0, 0.1) is 5.82 Å². The summed E-state index contributed by atoms with van der Waals surface area (Å²) in [4.78, 5) is 24.1. The van der Waals surface area contributed by atoms with Crippen molar-refractivity contribution in [1.82, 2.24) is 0 Å². The van der Waals surface area contributed by atoms with E-state index in [0.29, 0.717) is 39.1 Å². The maximum Gasteiger partial charge on any atom is 0.307 e. The molecule has 3 aromatic rings. The van der Waals surface area contributed by atoms with Crippen LogP contribution in [0.3, 0.4) is 0 Å². The van der Waals surface area contributed by atoms with E-state index in [9.17, 15) is 24.2 Å². The highest BCUT2D eigenvalue weighted by Gasteiger charge is 2.14. The normalized spacial score (nSPS) is 11.7. The number of amides is 1. The van der Waals surface area contributed by atoms with E-state index in [0.717, 1.165) is 0 Å². The van der Waals surface area contributed by atoms with Gasteiger partial charge in [0.1, 0.15) is 5.82 Å². The molecular weight excluding hydrogens is 399 g/mol. The van der Waals surface area contributed by atoms with Gasteiger partial charge in [-0.1, -0.05) is 24.3 Å². The van der Waals surface area contributed by atoms with Crippen molar-refractivity contribution >= 4 is 17.6 Å². The fraction of sp³-hybridized carbons (Fsp3) is 0.167. The molecule has 1 atom stereocenters. The first-order chi connectivity index (χ1) is 14.8. The van der Waals surface area contributed by atoms with E-state index in [2.05, 4.69) is 5.32 Å². The molecule has 0 fully saturated rings. The van der Waals surface area contributed by atoms with Gasteiger partial charge in [-0.2, -0.15) is 0 Å². The van der Waals surface area contributed by atoms with Crippen LogP contribution in [0.25, 0.3) is 11.1 Å². The van der Waals surface area contributed by atoms with Crippen molar-refractivity contribution in [3.05, 3.63) is 88.7 Å². The molecule has 1 unspecified atom stereocenters. The summed E-state index contributed by atoms with van der Waals surface area (Å²) >= 11 is 0. The lowest BCUT2D eigenvalue weighted by atomic mass is 10.00. The second-order valence-corrected chi connectivity index (χ2v) is 7.25. The SMILES string of the molecule is CC(O)c1ccc(NC(=O)c2cccc(-c3cc(F)cc(CN)c3)c2)c(CC(=O)O)c1. The number of rotatable bonds is 7. The third kappa shape index (κ3) is 5.53. The van der Waals surface area contributed by atoms with Gasteiger partial charge in [0.05, 0.1) is 12.5 Å². The molecule has 160 valence electrons. The molecule has 3 rings (SSSR count). The van der Waals surface area contributed by atoms with E-state index in [4.69, 9.17) is 5.73 Å². The summed E-state index contributed by atoms with van der Waals surface area (Å²) in [6, 6.07) is 16.0. The number of halogens is 1. The zero-order chi connectivity index (χ0) is 22.5. The molecule has 0 aliphatic rings. The Bertz CT molecular complexity index is 1130. The van der Waals surface area contributed by atoms with Gasteiger partial charge in [-0.3, -0.25) is 9.59 Å². The number of carboxylic acids is 1. The third-order valence-corrected chi connectivity index (χ3v) is 4.85. The average molecular weight is 422 g/mol. The Hall–Kier alpha value is -3.55. The van der Waals surface area contributed by atoms with Crippen LogP contribution < -0.4 is 11.1 Å². The van der Waals surface area contributed by atoms with Gasteiger partial charge >= 0.3 is 5.97 Å². The highest BCUT2D eigenvalue weighted by atomic mass is 19.1. The van der Waals surface area contributed by atoms with Gasteiger partial charge in [-0.05, 0) is 71.1 Å². The van der Waals surface area contributed by atoms with Crippen LogP contribution in [0.2, 0.25) is 0 Å². The second-order valence-electron chi connectivity index (χ2n) is 7.25. The molecule has 0 saturated carbocycles. The van der Waals surface area contributed by atoms with Gasteiger partial charge in [0, 0.05) is 17.8 Å². The van der Waals surface area contributed by atoms with Crippen LogP contribution in [0.5, 0.6) is 0 Å². The first-order valence-electron chi connectivity index (χ1n) is 9.71. The van der Waals surface area contributed by atoms with Crippen molar-refractivity contribution in [2.75, 3.05) is 5.32 Å². The first-order valence-corrected chi connectivity index (χ1v) is 9.71. The molecule has 0 aliphatic carbocycles. The fourth-order valence-corrected chi connectivity index (χ4v) is 3.27. The number of benzene rings is 3. The fourth-order valence-electron chi connectivity index (χ4n) is 3.27. The summed E-state index contributed by atoms with van der Waals surface area (Å²) in [5.74, 6) is -1.90. The predicted molar refractivity (Wildman–Crippen MR) is 116 cm³/mol. The summed E-state index contributed by atoms with van der Waals surface area (Å²) in [6.07, 6.45) is -1.07. The van der Waals surface area contributed by atoms with Crippen molar-refractivity contribution in [3.63, 3.8) is 0 Å². The van der Waals surface area contributed by atoms with Crippen LogP contribution in [0.15, 0.2) is 60.7 Å². The molecule has 0 bridgehead atoms. The number of aliphatic carboxylic acids is 1. The molecule has 6 nitrogen and oxygen atoms in total. The monoisotopic (exact) mass is 422 g/mol. The molecule has 0 heterocycles. The Morgan fingerprint density at radius 2 is 1.84 bits per heavy atom. The Morgan fingerprint density at radius 1 is 1.06 bits per heavy atom. The van der Waals surface area contributed by atoms with E-state index in [1.165, 1.54) is 12.1 Å². The molecule has 3 aromatic carbocycles. The van der Waals surface area contributed by atoms with Crippen molar-refractivity contribution in [1.29, 1.82) is 0 Å². The molecule has 0 aromatic heterocycles.